The zero-order chi connectivity index (χ0) is 9.59. The lowest BCUT2D eigenvalue weighted by Crippen LogP contribution is -2.15. The topological polar surface area (TPSA) is 22.0 Å². The fourth-order valence-corrected chi connectivity index (χ4v) is 3.15. The summed E-state index contributed by atoms with van der Waals surface area (Å²) in [5.74, 6) is 0. The first kappa shape index (κ1) is 9.24. The largest absolute Gasteiger partial charge is 0.316 e. The zero-order valence-corrected chi connectivity index (χ0v) is 9.83. The smallest absolute Gasteiger partial charge is 0.260 e. The molecular weight excluding hydrogens is 274 g/mol. The van der Waals surface area contributed by atoms with Gasteiger partial charge in [-0.3, -0.25) is 4.79 Å². The Kier molecular flexibility index (Phi) is 2.21. The van der Waals surface area contributed by atoms with Crippen LogP contribution in [0.1, 0.15) is 0 Å². The van der Waals surface area contributed by atoms with Crippen LogP contribution in [0, 0.1) is 0 Å². The quantitative estimate of drug-likeness (QED) is 0.726. The van der Waals surface area contributed by atoms with Crippen molar-refractivity contribution in [2.45, 2.75) is 0 Å². The average molecular weight is 279 g/mol. The molecule has 2 aromatic heterocycles. The van der Waals surface area contributed by atoms with Crippen molar-refractivity contribution in [2.24, 2.45) is 7.05 Å². The molecule has 0 bridgehead atoms. The second kappa shape index (κ2) is 3.12. The van der Waals surface area contributed by atoms with Gasteiger partial charge in [-0.25, -0.2) is 0 Å². The molecule has 0 aromatic carbocycles. The molecule has 0 aliphatic heterocycles. The van der Waals surface area contributed by atoms with Crippen molar-refractivity contribution in [2.75, 3.05) is 0 Å². The number of pyridine rings is 1. The molecule has 0 fully saturated rings. The lowest BCUT2D eigenvalue weighted by atomic mass is 10.3. The first-order chi connectivity index (χ1) is 6.11. The van der Waals surface area contributed by atoms with Crippen LogP contribution in [0.3, 0.4) is 0 Å². The Hall–Kier alpha value is -0.320. The van der Waals surface area contributed by atoms with E-state index in [1.54, 1.807) is 13.2 Å². The molecule has 0 spiro atoms. The molecule has 2 nitrogen and oxygen atoms in total. The number of fused-ring (bicyclic) bond motifs is 1. The predicted molar refractivity (Wildman–Crippen MR) is 59.8 cm³/mol. The standard InChI is InChI=1S/C8H5BrClNOS/c1-11-2-5(10)7-6(8(11)12)4(9)3-13-7/h2-3H,1H3. The molecule has 0 aliphatic rings. The molecule has 2 rings (SSSR count). The Morgan fingerprint density at radius 1 is 1.62 bits per heavy atom. The minimum absolute atomic E-state index is 0.0208. The summed E-state index contributed by atoms with van der Waals surface area (Å²) < 4.78 is 3.15. The number of aryl methyl sites for hydroxylation is 1. The van der Waals surface area contributed by atoms with Gasteiger partial charge in [-0.2, -0.15) is 0 Å². The van der Waals surface area contributed by atoms with Crippen LogP contribution >= 0.6 is 38.9 Å². The van der Waals surface area contributed by atoms with Gasteiger partial charge in [0.05, 0.1) is 15.1 Å². The summed E-state index contributed by atoms with van der Waals surface area (Å²) in [6.07, 6.45) is 1.63. The molecule has 0 radical (unpaired) electrons. The summed E-state index contributed by atoms with van der Waals surface area (Å²) in [7, 11) is 1.69. The third kappa shape index (κ3) is 1.33. The number of hydrogen-bond donors (Lipinski definition) is 0. The number of rotatable bonds is 0. The molecule has 68 valence electrons. The predicted octanol–water partition coefficient (Wildman–Crippen LogP) is 3.02. The van der Waals surface area contributed by atoms with Gasteiger partial charge in [0.2, 0.25) is 0 Å². The van der Waals surface area contributed by atoms with Crippen LogP contribution in [0.4, 0.5) is 0 Å². The van der Waals surface area contributed by atoms with E-state index in [1.807, 2.05) is 5.38 Å². The number of aromatic nitrogens is 1. The van der Waals surface area contributed by atoms with Gasteiger partial charge in [-0.1, -0.05) is 11.6 Å². The van der Waals surface area contributed by atoms with Gasteiger partial charge in [-0.15, -0.1) is 11.3 Å². The van der Waals surface area contributed by atoms with Crippen molar-refractivity contribution in [3.63, 3.8) is 0 Å². The van der Waals surface area contributed by atoms with E-state index in [2.05, 4.69) is 15.9 Å². The van der Waals surface area contributed by atoms with Crippen LogP contribution in [0.2, 0.25) is 5.02 Å². The molecule has 0 atom stereocenters. The molecular formula is C8H5BrClNOS. The van der Waals surface area contributed by atoms with Crippen molar-refractivity contribution >= 4 is 49.0 Å². The van der Waals surface area contributed by atoms with Crippen molar-refractivity contribution < 1.29 is 0 Å². The normalized spacial score (nSPS) is 11.0. The fraction of sp³-hybridized carbons (Fsp3) is 0.125. The highest BCUT2D eigenvalue weighted by Crippen LogP contribution is 2.32. The highest BCUT2D eigenvalue weighted by molar-refractivity contribution is 9.10. The van der Waals surface area contributed by atoms with E-state index in [4.69, 9.17) is 11.6 Å². The highest BCUT2D eigenvalue weighted by atomic mass is 79.9. The third-order valence-electron chi connectivity index (χ3n) is 1.80. The first-order valence-corrected chi connectivity index (χ1v) is 5.58. The number of nitrogens with zero attached hydrogens (tertiary/aromatic N) is 1. The summed E-state index contributed by atoms with van der Waals surface area (Å²) >= 11 is 10.8. The van der Waals surface area contributed by atoms with Crippen molar-refractivity contribution in [1.82, 2.24) is 4.57 Å². The minimum Gasteiger partial charge on any atom is -0.316 e. The number of hydrogen-bond acceptors (Lipinski definition) is 2. The van der Waals surface area contributed by atoms with Crippen molar-refractivity contribution in [1.29, 1.82) is 0 Å². The second-order valence-electron chi connectivity index (χ2n) is 2.68. The van der Waals surface area contributed by atoms with E-state index < -0.39 is 0 Å². The zero-order valence-electron chi connectivity index (χ0n) is 6.67. The maximum Gasteiger partial charge on any atom is 0.260 e. The fourth-order valence-electron chi connectivity index (χ4n) is 1.18. The molecule has 0 saturated carbocycles. The molecule has 0 aliphatic carbocycles. The van der Waals surface area contributed by atoms with Gasteiger partial charge < -0.3 is 4.57 Å². The number of thiophene rings is 1. The van der Waals surface area contributed by atoms with Crippen LogP contribution in [0.5, 0.6) is 0 Å². The van der Waals surface area contributed by atoms with E-state index in [9.17, 15) is 4.79 Å². The number of halogens is 2. The van der Waals surface area contributed by atoms with Crippen molar-refractivity contribution in [3.8, 4) is 0 Å². The van der Waals surface area contributed by atoms with Gasteiger partial charge in [0.25, 0.3) is 5.56 Å². The Bertz CT molecular complexity index is 531. The SMILES string of the molecule is Cn1cc(Cl)c2scc(Br)c2c1=O. The van der Waals surface area contributed by atoms with Gasteiger partial charge in [0.1, 0.15) is 0 Å². The van der Waals surface area contributed by atoms with Crippen LogP contribution in [0.15, 0.2) is 20.8 Å². The van der Waals surface area contributed by atoms with Gasteiger partial charge in [0.15, 0.2) is 0 Å². The third-order valence-corrected chi connectivity index (χ3v) is 4.14. The monoisotopic (exact) mass is 277 g/mol. The molecule has 2 heterocycles. The Morgan fingerprint density at radius 2 is 2.31 bits per heavy atom. The summed E-state index contributed by atoms with van der Waals surface area (Å²) in [6.45, 7) is 0. The summed E-state index contributed by atoms with van der Waals surface area (Å²) in [5.41, 5.74) is -0.0208. The maximum absolute atomic E-state index is 11.6. The average Bonchev–Trinajstić information content (AvgIpc) is 2.44. The summed E-state index contributed by atoms with van der Waals surface area (Å²) in [5, 5.41) is 3.16. The van der Waals surface area contributed by atoms with E-state index in [0.29, 0.717) is 10.4 Å². The molecule has 0 N–H and O–H groups in total. The summed E-state index contributed by atoms with van der Waals surface area (Å²) in [4.78, 5) is 11.6. The van der Waals surface area contributed by atoms with E-state index in [1.165, 1.54) is 15.9 Å². The lowest BCUT2D eigenvalue weighted by Gasteiger charge is -1.99. The minimum atomic E-state index is -0.0208. The molecule has 5 heteroatoms. The summed E-state index contributed by atoms with van der Waals surface area (Å²) in [6, 6.07) is 0. The van der Waals surface area contributed by atoms with Gasteiger partial charge >= 0.3 is 0 Å². The van der Waals surface area contributed by atoms with Crippen LogP contribution in [-0.4, -0.2) is 4.57 Å². The molecule has 13 heavy (non-hydrogen) atoms. The van der Waals surface area contributed by atoms with E-state index >= 15 is 0 Å². The molecule has 0 amide bonds. The lowest BCUT2D eigenvalue weighted by molar-refractivity contribution is 0.874. The van der Waals surface area contributed by atoms with E-state index in [0.717, 1.165) is 9.17 Å². The maximum atomic E-state index is 11.6. The highest BCUT2D eigenvalue weighted by Gasteiger charge is 2.10. The molecule has 2 aromatic rings. The second-order valence-corrected chi connectivity index (χ2v) is 4.82. The van der Waals surface area contributed by atoms with Crippen molar-refractivity contribution in [3.05, 3.63) is 31.4 Å². The Balaban J connectivity index is 3.10. The van der Waals surface area contributed by atoms with Crippen LogP contribution in [0.25, 0.3) is 10.1 Å². The molecule has 0 saturated heterocycles. The Labute approximate surface area is 91.9 Å². The van der Waals surface area contributed by atoms with Gasteiger partial charge in [-0.05, 0) is 15.9 Å². The first-order valence-electron chi connectivity index (χ1n) is 3.53. The molecule has 0 unspecified atom stereocenters. The Morgan fingerprint density at radius 3 is 3.00 bits per heavy atom. The van der Waals surface area contributed by atoms with Gasteiger partial charge in [0, 0.05) is 23.1 Å². The van der Waals surface area contributed by atoms with Crippen LogP contribution in [-0.2, 0) is 7.05 Å². The van der Waals surface area contributed by atoms with Crippen LogP contribution < -0.4 is 5.56 Å². The van der Waals surface area contributed by atoms with E-state index in [-0.39, 0.29) is 5.56 Å².